The topological polar surface area (TPSA) is 39.2 Å². The van der Waals surface area contributed by atoms with E-state index in [0.717, 1.165) is 0 Å². The molecule has 0 bridgehead atoms. The van der Waals surface area contributed by atoms with Crippen LogP contribution in [0.15, 0.2) is 35.5 Å². The van der Waals surface area contributed by atoms with Crippen LogP contribution in [0, 0.1) is 0 Å². The molecule has 1 heterocycles. The molecule has 92 valence electrons. The average Bonchev–Trinajstić information content (AvgIpc) is 2.39. The second-order valence-electron chi connectivity index (χ2n) is 2.92. The van der Waals surface area contributed by atoms with Gasteiger partial charge in [0.05, 0.1) is 18.2 Å². The molecule has 1 aromatic heterocycles. The molecule has 0 radical (unpaired) electrons. The van der Waals surface area contributed by atoms with Crippen LogP contribution in [0.3, 0.4) is 0 Å². The minimum Gasteiger partial charge on any atom is -0.494 e. The average molecular weight is 255 g/mol. The number of fused-ring (bicyclic) bond motifs is 1. The summed E-state index contributed by atoms with van der Waals surface area (Å²) in [4.78, 5) is 4.06. The molecule has 0 aliphatic carbocycles. The van der Waals surface area contributed by atoms with Gasteiger partial charge in [0.1, 0.15) is 5.75 Å². The van der Waals surface area contributed by atoms with Crippen molar-refractivity contribution in [2.45, 2.75) is 18.7 Å². The second kappa shape index (κ2) is 6.30. The van der Waals surface area contributed by atoms with Crippen LogP contribution in [0.25, 0.3) is 10.8 Å². The molecule has 3 nitrogen and oxygen atoms in total. The fourth-order valence-electron chi connectivity index (χ4n) is 1.46. The van der Waals surface area contributed by atoms with Crippen molar-refractivity contribution in [3.8, 4) is 5.75 Å². The number of methoxy groups -OCH3 is 1. The van der Waals surface area contributed by atoms with E-state index < -0.39 is 11.2 Å². The van der Waals surface area contributed by atoms with Crippen LogP contribution in [0.1, 0.15) is 13.8 Å². The Labute approximate surface area is 102 Å². The predicted molar refractivity (Wildman–Crippen MR) is 67.2 cm³/mol. The Morgan fingerprint density at radius 3 is 2.59 bits per heavy atom. The molecule has 1 atom stereocenters. The van der Waals surface area contributed by atoms with E-state index in [1.165, 1.54) is 19.4 Å². The molecule has 17 heavy (non-hydrogen) atoms. The molecule has 0 saturated heterocycles. The highest BCUT2D eigenvalue weighted by molar-refractivity contribution is 7.80. The van der Waals surface area contributed by atoms with Crippen LogP contribution in [0.5, 0.6) is 5.75 Å². The zero-order valence-electron chi connectivity index (χ0n) is 9.94. The Balaban J connectivity index is 0.000000686. The molecule has 5 heteroatoms. The van der Waals surface area contributed by atoms with Gasteiger partial charge in [0.15, 0.2) is 0 Å². The lowest BCUT2D eigenvalue weighted by atomic mass is 10.2. The molecule has 1 unspecified atom stereocenters. The Morgan fingerprint density at radius 2 is 2.00 bits per heavy atom. The molecule has 1 aromatic carbocycles. The highest BCUT2D eigenvalue weighted by atomic mass is 32.2. The summed E-state index contributed by atoms with van der Waals surface area (Å²) >= 11 is -2.52. The molecule has 0 aliphatic heterocycles. The number of ether oxygens (including phenoxy) is 1. The summed E-state index contributed by atoms with van der Waals surface area (Å²) in [5.74, 6) is 0.425. The lowest BCUT2D eigenvalue weighted by molar-refractivity contribution is 0.417. The zero-order valence-corrected chi connectivity index (χ0v) is 10.8. The molecule has 2 rings (SSSR count). The van der Waals surface area contributed by atoms with Gasteiger partial charge in [-0.25, -0.2) is 4.21 Å². The minimum atomic E-state index is -2.52. The van der Waals surface area contributed by atoms with E-state index in [-0.39, 0.29) is 4.90 Å². The summed E-state index contributed by atoms with van der Waals surface area (Å²) in [5, 5.41) is 1.22. The Bertz CT molecular complexity index is 526. The van der Waals surface area contributed by atoms with E-state index in [1.54, 1.807) is 18.3 Å². The van der Waals surface area contributed by atoms with Crippen LogP contribution in [-0.2, 0) is 11.2 Å². The lowest BCUT2D eigenvalue weighted by Crippen LogP contribution is -1.91. The van der Waals surface area contributed by atoms with Crippen LogP contribution >= 0.6 is 0 Å². The summed E-state index contributed by atoms with van der Waals surface area (Å²) in [6.07, 6.45) is 3.05. The van der Waals surface area contributed by atoms with Crippen molar-refractivity contribution in [1.29, 1.82) is 0 Å². The van der Waals surface area contributed by atoms with Gasteiger partial charge in [0.25, 0.3) is 0 Å². The molecular formula is C12H14FNO2S. The van der Waals surface area contributed by atoms with Crippen molar-refractivity contribution in [2.24, 2.45) is 0 Å². The molecule has 0 amide bonds. The summed E-state index contributed by atoms with van der Waals surface area (Å²) in [6, 6.07) is 4.87. The number of halogens is 1. The number of benzene rings is 1. The third-order valence-electron chi connectivity index (χ3n) is 2.10. The van der Waals surface area contributed by atoms with Gasteiger partial charge in [-0.05, 0) is 6.07 Å². The highest BCUT2D eigenvalue weighted by Gasteiger charge is 2.11. The number of hydrogen-bond donors (Lipinski definition) is 0. The first-order chi connectivity index (χ1) is 8.24. The maximum Gasteiger partial charge on any atom is 0.231 e. The predicted octanol–water partition coefficient (Wildman–Crippen LogP) is 3.26. The van der Waals surface area contributed by atoms with Crippen LogP contribution in [0.4, 0.5) is 3.89 Å². The number of pyridine rings is 1. The summed E-state index contributed by atoms with van der Waals surface area (Å²) in [5.41, 5.74) is 0. The van der Waals surface area contributed by atoms with Crippen molar-refractivity contribution in [2.75, 3.05) is 7.11 Å². The third kappa shape index (κ3) is 2.79. The van der Waals surface area contributed by atoms with E-state index in [9.17, 15) is 8.09 Å². The Kier molecular flexibility index (Phi) is 5.03. The first-order valence-corrected chi connectivity index (χ1v) is 6.28. The van der Waals surface area contributed by atoms with Crippen LogP contribution < -0.4 is 4.74 Å². The van der Waals surface area contributed by atoms with Gasteiger partial charge in [-0.3, -0.25) is 4.98 Å². The van der Waals surface area contributed by atoms with Gasteiger partial charge in [-0.2, -0.15) is 0 Å². The number of hydrogen-bond acceptors (Lipinski definition) is 3. The SMILES string of the molecule is CC.COc1cncc2cccc(S(=O)F)c12. The van der Waals surface area contributed by atoms with Crippen LogP contribution in [0.2, 0.25) is 0 Å². The van der Waals surface area contributed by atoms with Crippen molar-refractivity contribution in [3.05, 3.63) is 30.6 Å². The molecule has 0 saturated carbocycles. The van der Waals surface area contributed by atoms with Gasteiger partial charge in [-0.15, -0.1) is 3.89 Å². The normalized spacial score (nSPS) is 11.5. The van der Waals surface area contributed by atoms with Gasteiger partial charge < -0.3 is 4.74 Å². The smallest absolute Gasteiger partial charge is 0.231 e. The standard InChI is InChI=1S/C10H8FNO2S.C2H6/c1-14-8-6-12-5-7-3-2-4-9(10(7)8)15(11)13;1-2/h2-6H,1H3;1-2H3. The molecular weight excluding hydrogens is 241 g/mol. The van der Waals surface area contributed by atoms with E-state index in [4.69, 9.17) is 4.74 Å². The second-order valence-corrected chi connectivity index (χ2v) is 3.81. The molecule has 2 aromatic rings. The quantitative estimate of drug-likeness (QED) is 0.773. The van der Waals surface area contributed by atoms with E-state index in [0.29, 0.717) is 16.5 Å². The number of nitrogens with zero attached hydrogens (tertiary/aromatic N) is 1. The zero-order chi connectivity index (χ0) is 12.8. The van der Waals surface area contributed by atoms with E-state index >= 15 is 0 Å². The molecule has 0 fully saturated rings. The maximum atomic E-state index is 12.9. The van der Waals surface area contributed by atoms with Gasteiger partial charge >= 0.3 is 0 Å². The maximum absolute atomic E-state index is 12.9. The Hall–Kier alpha value is -1.49. The van der Waals surface area contributed by atoms with E-state index in [1.807, 2.05) is 13.8 Å². The van der Waals surface area contributed by atoms with Crippen LogP contribution in [-0.4, -0.2) is 16.3 Å². The lowest BCUT2D eigenvalue weighted by Gasteiger charge is -2.06. The van der Waals surface area contributed by atoms with Gasteiger partial charge in [0.2, 0.25) is 11.2 Å². The summed E-state index contributed by atoms with van der Waals surface area (Å²) < 4.78 is 28.8. The minimum absolute atomic E-state index is 0.117. The Morgan fingerprint density at radius 1 is 1.29 bits per heavy atom. The first-order valence-electron chi connectivity index (χ1n) is 5.23. The molecule has 0 spiro atoms. The highest BCUT2D eigenvalue weighted by Crippen LogP contribution is 2.29. The number of aromatic nitrogens is 1. The monoisotopic (exact) mass is 255 g/mol. The van der Waals surface area contributed by atoms with Crippen molar-refractivity contribution in [1.82, 2.24) is 4.98 Å². The number of rotatable bonds is 2. The molecule has 0 N–H and O–H groups in total. The van der Waals surface area contributed by atoms with Crippen molar-refractivity contribution in [3.63, 3.8) is 0 Å². The summed E-state index contributed by atoms with van der Waals surface area (Å²) in [6.45, 7) is 4.00. The largest absolute Gasteiger partial charge is 0.494 e. The molecule has 0 aliphatic rings. The van der Waals surface area contributed by atoms with Crippen molar-refractivity contribution >= 4 is 22.0 Å². The van der Waals surface area contributed by atoms with Gasteiger partial charge in [-0.1, -0.05) is 26.0 Å². The summed E-state index contributed by atoms with van der Waals surface area (Å²) in [7, 11) is 1.47. The fourth-order valence-corrected chi connectivity index (χ4v) is 2.02. The first kappa shape index (κ1) is 13.6. The van der Waals surface area contributed by atoms with Gasteiger partial charge in [0, 0.05) is 17.0 Å². The third-order valence-corrected chi connectivity index (χ3v) is 2.79. The van der Waals surface area contributed by atoms with Crippen molar-refractivity contribution < 1.29 is 12.8 Å². The fraction of sp³-hybridized carbons (Fsp3) is 0.250. The van der Waals surface area contributed by atoms with E-state index in [2.05, 4.69) is 4.98 Å².